The van der Waals surface area contributed by atoms with Gasteiger partial charge in [-0.2, -0.15) is 5.10 Å². The molecular weight excluding hydrogens is 288 g/mol. The molecule has 0 fully saturated rings. The maximum Gasteiger partial charge on any atom is 0.142 e. The number of rotatable bonds is 4. The third-order valence-electron chi connectivity index (χ3n) is 3.79. The van der Waals surface area contributed by atoms with Crippen LogP contribution in [-0.2, 0) is 6.54 Å². The average Bonchev–Trinajstić information content (AvgIpc) is 3.26. The van der Waals surface area contributed by atoms with Crippen molar-refractivity contribution in [3.05, 3.63) is 66.9 Å². The van der Waals surface area contributed by atoms with E-state index in [1.165, 1.54) is 5.56 Å². The summed E-state index contributed by atoms with van der Waals surface area (Å²) in [4.78, 5) is 13.9. The summed E-state index contributed by atoms with van der Waals surface area (Å²) in [5, 5.41) is 5.30. The Hall–Kier alpha value is -3.15. The average molecular weight is 304 g/mol. The van der Waals surface area contributed by atoms with Crippen molar-refractivity contribution in [2.24, 2.45) is 0 Å². The van der Waals surface area contributed by atoms with Gasteiger partial charge in [-0.3, -0.25) is 0 Å². The van der Waals surface area contributed by atoms with Gasteiger partial charge < -0.3 is 9.88 Å². The minimum Gasteiger partial charge on any atom is -0.355 e. The highest BCUT2D eigenvalue weighted by atomic mass is 15.3. The van der Waals surface area contributed by atoms with Gasteiger partial charge in [0.2, 0.25) is 0 Å². The lowest BCUT2D eigenvalue weighted by Gasteiger charge is -2.19. The van der Waals surface area contributed by atoms with Crippen LogP contribution in [0, 0.1) is 0 Å². The number of fused-ring (bicyclic) bond motifs is 1. The van der Waals surface area contributed by atoms with Crippen LogP contribution in [0.1, 0.15) is 5.56 Å². The molecule has 0 saturated heterocycles. The van der Waals surface area contributed by atoms with Crippen LogP contribution in [0.3, 0.4) is 0 Å². The van der Waals surface area contributed by atoms with Crippen molar-refractivity contribution < 1.29 is 0 Å². The van der Waals surface area contributed by atoms with Crippen LogP contribution in [0.5, 0.6) is 0 Å². The molecule has 4 rings (SSSR count). The van der Waals surface area contributed by atoms with Gasteiger partial charge in [-0.25, -0.2) is 14.6 Å². The molecule has 0 radical (unpaired) electrons. The molecule has 0 unspecified atom stereocenters. The van der Waals surface area contributed by atoms with Crippen LogP contribution in [-0.4, -0.2) is 31.8 Å². The van der Waals surface area contributed by atoms with Gasteiger partial charge in [-0.05, 0) is 29.8 Å². The summed E-state index contributed by atoms with van der Waals surface area (Å²) in [7, 11) is 2.04. The molecule has 6 nitrogen and oxygen atoms in total. The minimum absolute atomic E-state index is 0.756. The number of hydrogen-bond acceptors (Lipinski definition) is 4. The number of anilines is 1. The van der Waals surface area contributed by atoms with Crippen LogP contribution < -0.4 is 4.90 Å². The lowest BCUT2D eigenvalue weighted by atomic mass is 10.2. The van der Waals surface area contributed by atoms with E-state index in [-0.39, 0.29) is 0 Å². The summed E-state index contributed by atoms with van der Waals surface area (Å²) in [6.07, 6.45) is 7.19. The maximum absolute atomic E-state index is 4.42. The fourth-order valence-corrected chi connectivity index (χ4v) is 2.73. The first-order valence-electron chi connectivity index (χ1n) is 7.39. The molecule has 0 bridgehead atoms. The van der Waals surface area contributed by atoms with Crippen LogP contribution >= 0.6 is 0 Å². The molecule has 0 aliphatic carbocycles. The molecule has 1 N–H and O–H groups in total. The van der Waals surface area contributed by atoms with E-state index in [1.54, 1.807) is 12.5 Å². The van der Waals surface area contributed by atoms with E-state index >= 15 is 0 Å². The molecule has 0 amide bonds. The van der Waals surface area contributed by atoms with Gasteiger partial charge in [0.15, 0.2) is 0 Å². The number of benzene rings is 1. The quantitative estimate of drug-likeness (QED) is 0.630. The first-order valence-corrected chi connectivity index (χ1v) is 7.39. The third-order valence-corrected chi connectivity index (χ3v) is 3.79. The zero-order valence-electron chi connectivity index (χ0n) is 12.7. The Morgan fingerprint density at radius 3 is 3.00 bits per heavy atom. The molecule has 0 atom stereocenters. The number of H-pyrrole nitrogens is 1. The van der Waals surface area contributed by atoms with Crippen molar-refractivity contribution in [1.82, 2.24) is 24.7 Å². The summed E-state index contributed by atoms with van der Waals surface area (Å²) in [6, 6.07) is 12.3. The lowest BCUT2D eigenvalue weighted by molar-refractivity contribution is 0.865. The van der Waals surface area contributed by atoms with E-state index in [0.29, 0.717) is 0 Å². The molecule has 114 valence electrons. The second-order valence-corrected chi connectivity index (χ2v) is 5.41. The Kier molecular flexibility index (Phi) is 3.27. The van der Waals surface area contributed by atoms with Crippen LogP contribution in [0.2, 0.25) is 0 Å². The summed E-state index contributed by atoms with van der Waals surface area (Å²) in [5.74, 6) is 0.917. The smallest absolute Gasteiger partial charge is 0.142 e. The Balaban J connectivity index is 1.63. The van der Waals surface area contributed by atoms with E-state index in [2.05, 4.69) is 37.1 Å². The predicted molar refractivity (Wildman–Crippen MR) is 89.6 cm³/mol. The van der Waals surface area contributed by atoms with Crippen molar-refractivity contribution in [1.29, 1.82) is 0 Å². The molecule has 1 aromatic carbocycles. The Bertz CT molecular complexity index is 925. The van der Waals surface area contributed by atoms with Crippen LogP contribution in [0.4, 0.5) is 5.82 Å². The number of aromatic amines is 1. The fourth-order valence-electron chi connectivity index (χ4n) is 2.73. The zero-order valence-corrected chi connectivity index (χ0v) is 12.7. The van der Waals surface area contributed by atoms with Crippen LogP contribution in [0.25, 0.3) is 16.7 Å². The largest absolute Gasteiger partial charge is 0.355 e. The van der Waals surface area contributed by atoms with E-state index in [4.69, 9.17) is 0 Å². The van der Waals surface area contributed by atoms with E-state index in [9.17, 15) is 0 Å². The number of aromatic nitrogens is 5. The van der Waals surface area contributed by atoms with Crippen molar-refractivity contribution in [2.45, 2.75) is 6.54 Å². The molecule has 3 heterocycles. The highest BCUT2D eigenvalue weighted by Gasteiger charge is 2.10. The van der Waals surface area contributed by atoms with Gasteiger partial charge in [-0.15, -0.1) is 0 Å². The summed E-state index contributed by atoms with van der Waals surface area (Å²) >= 11 is 0. The summed E-state index contributed by atoms with van der Waals surface area (Å²) in [6.45, 7) is 0.756. The number of nitrogens with zero attached hydrogens (tertiary/aromatic N) is 5. The molecule has 0 aliphatic heterocycles. The molecule has 0 spiro atoms. The third kappa shape index (κ3) is 2.55. The second kappa shape index (κ2) is 5.57. The van der Waals surface area contributed by atoms with Crippen molar-refractivity contribution >= 4 is 16.9 Å². The molecular formula is C17H16N6. The van der Waals surface area contributed by atoms with Gasteiger partial charge in [0.1, 0.15) is 17.8 Å². The molecule has 0 aliphatic rings. The van der Waals surface area contributed by atoms with Crippen molar-refractivity contribution in [3.8, 4) is 5.69 Å². The fraction of sp³-hybridized carbons (Fsp3) is 0.118. The second-order valence-electron chi connectivity index (χ2n) is 5.41. The van der Waals surface area contributed by atoms with E-state index < -0.39 is 0 Å². The lowest BCUT2D eigenvalue weighted by Crippen LogP contribution is -2.18. The van der Waals surface area contributed by atoms with E-state index in [1.807, 2.05) is 48.4 Å². The minimum atomic E-state index is 0.756. The van der Waals surface area contributed by atoms with Gasteiger partial charge in [-0.1, -0.05) is 12.1 Å². The van der Waals surface area contributed by atoms with Gasteiger partial charge >= 0.3 is 0 Å². The van der Waals surface area contributed by atoms with Gasteiger partial charge in [0.05, 0.1) is 11.1 Å². The molecule has 0 saturated carbocycles. The maximum atomic E-state index is 4.42. The molecule has 4 aromatic rings. The Morgan fingerprint density at radius 1 is 1.17 bits per heavy atom. The first kappa shape index (κ1) is 13.5. The number of nitrogens with one attached hydrogen (secondary N) is 1. The van der Waals surface area contributed by atoms with Crippen molar-refractivity contribution in [2.75, 3.05) is 11.9 Å². The first-order chi connectivity index (χ1) is 11.3. The topological polar surface area (TPSA) is 62.6 Å². The molecule has 23 heavy (non-hydrogen) atoms. The van der Waals surface area contributed by atoms with Crippen molar-refractivity contribution in [3.63, 3.8) is 0 Å². The normalized spacial score (nSPS) is 11.0. The predicted octanol–water partition coefficient (Wildman–Crippen LogP) is 2.78. The summed E-state index contributed by atoms with van der Waals surface area (Å²) in [5.41, 5.74) is 3.10. The SMILES string of the molecule is CN(Cc1cccc(-n2cccn2)c1)c1ncnc2[nH]ccc12. The van der Waals surface area contributed by atoms with Gasteiger partial charge in [0, 0.05) is 32.2 Å². The summed E-state index contributed by atoms with van der Waals surface area (Å²) < 4.78 is 1.86. The Morgan fingerprint density at radius 2 is 2.13 bits per heavy atom. The van der Waals surface area contributed by atoms with Gasteiger partial charge in [0.25, 0.3) is 0 Å². The standard InChI is InChI=1S/C17H16N6/c1-22(17-15-6-8-18-16(15)19-12-20-17)11-13-4-2-5-14(10-13)23-9-3-7-21-23/h2-10,12H,11H2,1H3,(H,18,19,20). The molecule has 3 aromatic heterocycles. The number of hydrogen-bond donors (Lipinski definition) is 1. The highest BCUT2D eigenvalue weighted by molar-refractivity contribution is 5.87. The molecule has 6 heteroatoms. The van der Waals surface area contributed by atoms with Crippen LogP contribution in [0.15, 0.2) is 61.3 Å². The van der Waals surface area contributed by atoms with E-state index in [0.717, 1.165) is 29.1 Å². The highest BCUT2D eigenvalue weighted by Crippen LogP contribution is 2.22. The zero-order chi connectivity index (χ0) is 15.6. The monoisotopic (exact) mass is 304 g/mol. The Labute approximate surface area is 133 Å².